The van der Waals surface area contributed by atoms with Gasteiger partial charge in [-0.3, -0.25) is 0 Å². The molecule has 1 aliphatic heterocycles. The maximum absolute atomic E-state index is 5.82. The van der Waals surface area contributed by atoms with Gasteiger partial charge >= 0.3 is 0 Å². The molecular weight excluding hydrogens is 356 g/mol. The SMILES string of the molecule is CC(C)Oc1ccc(-c2nc3ccc4ccccc4c3c3c2CN(C)CC3)cc1. The van der Waals surface area contributed by atoms with Crippen LogP contribution < -0.4 is 4.74 Å². The van der Waals surface area contributed by atoms with E-state index in [-0.39, 0.29) is 6.10 Å². The van der Waals surface area contributed by atoms with E-state index < -0.39 is 0 Å². The summed E-state index contributed by atoms with van der Waals surface area (Å²) in [7, 11) is 2.19. The number of hydrogen-bond donors (Lipinski definition) is 0. The lowest BCUT2D eigenvalue weighted by atomic mass is 9.89. The number of nitrogens with zero attached hydrogens (tertiary/aromatic N) is 2. The predicted octanol–water partition coefficient (Wildman–Crippen LogP) is 5.83. The fraction of sp³-hybridized carbons (Fsp3) is 0.269. The van der Waals surface area contributed by atoms with Crippen molar-refractivity contribution in [2.75, 3.05) is 13.6 Å². The second-order valence-electron chi connectivity index (χ2n) is 8.28. The van der Waals surface area contributed by atoms with E-state index in [2.05, 4.69) is 86.5 Å². The molecule has 0 fully saturated rings. The summed E-state index contributed by atoms with van der Waals surface area (Å²) in [6.07, 6.45) is 1.23. The molecule has 0 aliphatic carbocycles. The molecule has 146 valence electrons. The second-order valence-corrected chi connectivity index (χ2v) is 8.28. The number of rotatable bonds is 3. The molecule has 5 rings (SSSR count). The number of fused-ring (bicyclic) bond motifs is 5. The lowest BCUT2D eigenvalue weighted by molar-refractivity contribution is 0.242. The molecule has 0 N–H and O–H groups in total. The van der Waals surface area contributed by atoms with Gasteiger partial charge < -0.3 is 9.64 Å². The van der Waals surface area contributed by atoms with Crippen molar-refractivity contribution in [2.24, 2.45) is 0 Å². The molecular formula is C26H26N2O. The Bertz CT molecular complexity index is 1190. The zero-order valence-electron chi connectivity index (χ0n) is 17.3. The van der Waals surface area contributed by atoms with E-state index in [1.54, 1.807) is 0 Å². The minimum Gasteiger partial charge on any atom is -0.491 e. The molecule has 1 aromatic heterocycles. The molecule has 0 radical (unpaired) electrons. The summed E-state index contributed by atoms with van der Waals surface area (Å²) in [5.74, 6) is 0.904. The van der Waals surface area contributed by atoms with Crippen molar-refractivity contribution in [2.45, 2.75) is 32.9 Å². The van der Waals surface area contributed by atoms with E-state index >= 15 is 0 Å². The van der Waals surface area contributed by atoms with Crippen LogP contribution in [0.2, 0.25) is 0 Å². The number of hydrogen-bond acceptors (Lipinski definition) is 3. The molecule has 0 unspecified atom stereocenters. The van der Waals surface area contributed by atoms with E-state index in [4.69, 9.17) is 9.72 Å². The second kappa shape index (κ2) is 7.16. The van der Waals surface area contributed by atoms with Crippen LogP contribution in [0.15, 0.2) is 60.7 Å². The molecule has 3 heteroatoms. The molecule has 0 saturated carbocycles. The van der Waals surface area contributed by atoms with Crippen molar-refractivity contribution in [3.63, 3.8) is 0 Å². The van der Waals surface area contributed by atoms with Gasteiger partial charge in [-0.25, -0.2) is 4.98 Å². The molecule has 4 aromatic rings. The largest absolute Gasteiger partial charge is 0.491 e. The van der Waals surface area contributed by atoms with Gasteiger partial charge in [-0.15, -0.1) is 0 Å². The van der Waals surface area contributed by atoms with Crippen LogP contribution in [0.3, 0.4) is 0 Å². The van der Waals surface area contributed by atoms with Crippen LogP contribution in [0.4, 0.5) is 0 Å². The summed E-state index contributed by atoms with van der Waals surface area (Å²) in [6.45, 7) is 6.11. The number of likely N-dealkylation sites (N-methyl/N-ethyl adjacent to an activating group) is 1. The Morgan fingerprint density at radius 3 is 2.52 bits per heavy atom. The first-order valence-corrected chi connectivity index (χ1v) is 10.4. The Morgan fingerprint density at radius 2 is 1.72 bits per heavy atom. The molecule has 3 nitrogen and oxygen atoms in total. The van der Waals surface area contributed by atoms with Gasteiger partial charge in [0.15, 0.2) is 0 Å². The zero-order valence-corrected chi connectivity index (χ0v) is 17.3. The molecule has 0 atom stereocenters. The van der Waals surface area contributed by atoms with Gasteiger partial charge in [0.25, 0.3) is 0 Å². The smallest absolute Gasteiger partial charge is 0.119 e. The van der Waals surface area contributed by atoms with Gasteiger partial charge in [0.1, 0.15) is 5.75 Å². The van der Waals surface area contributed by atoms with E-state index in [9.17, 15) is 0 Å². The molecule has 0 bridgehead atoms. The summed E-state index contributed by atoms with van der Waals surface area (Å²) in [5.41, 5.74) is 6.17. The quantitative estimate of drug-likeness (QED) is 0.417. The van der Waals surface area contributed by atoms with Crippen molar-refractivity contribution < 1.29 is 4.74 Å². The predicted molar refractivity (Wildman–Crippen MR) is 120 cm³/mol. The summed E-state index contributed by atoms with van der Waals surface area (Å²) in [6, 6.07) is 21.4. The lowest BCUT2D eigenvalue weighted by Gasteiger charge is -2.28. The van der Waals surface area contributed by atoms with E-state index in [1.807, 2.05) is 0 Å². The van der Waals surface area contributed by atoms with E-state index in [1.165, 1.54) is 27.3 Å². The third-order valence-electron chi connectivity index (χ3n) is 5.76. The molecule has 0 saturated heterocycles. The number of benzene rings is 3. The minimum atomic E-state index is 0.175. The van der Waals surface area contributed by atoms with Gasteiger partial charge in [-0.05, 0) is 79.5 Å². The highest BCUT2D eigenvalue weighted by atomic mass is 16.5. The molecule has 0 amide bonds. The highest BCUT2D eigenvalue weighted by Crippen LogP contribution is 2.37. The number of pyridine rings is 1. The monoisotopic (exact) mass is 382 g/mol. The average Bonchev–Trinajstić information content (AvgIpc) is 2.73. The molecule has 29 heavy (non-hydrogen) atoms. The third kappa shape index (κ3) is 3.26. The maximum Gasteiger partial charge on any atom is 0.119 e. The molecule has 2 heterocycles. The molecule has 0 spiro atoms. The van der Waals surface area contributed by atoms with Crippen molar-refractivity contribution in [1.82, 2.24) is 9.88 Å². The Labute approximate surface area is 171 Å². The Hall–Kier alpha value is -2.91. The first kappa shape index (κ1) is 18.1. The van der Waals surface area contributed by atoms with Crippen LogP contribution in [0.25, 0.3) is 32.9 Å². The van der Waals surface area contributed by atoms with Crippen LogP contribution in [0, 0.1) is 0 Å². The number of ether oxygens (including phenoxy) is 1. The normalized spacial score (nSPS) is 14.5. The maximum atomic E-state index is 5.82. The highest BCUT2D eigenvalue weighted by Gasteiger charge is 2.22. The minimum absolute atomic E-state index is 0.175. The topological polar surface area (TPSA) is 25.4 Å². The summed E-state index contributed by atoms with van der Waals surface area (Å²) >= 11 is 0. The summed E-state index contributed by atoms with van der Waals surface area (Å²) in [4.78, 5) is 7.56. The Balaban J connectivity index is 1.74. The average molecular weight is 383 g/mol. The molecule has 3 aromatic carbocycles. The van der Waals surface area contributed by atoms with Gasteiger partial charge in [-0.2, -0.15) is 0 Å². The zero-order chi connectivity index (χ0) is 20.0. The van der Waals surface area contributed by atoms with Crippen LogP contribution in [-0.4, -0.2) is 29.6 Å². The van der Waals surface area contributed by atoms with Crippen molar-refractivity contribution in [3.8, 4) is 17.0 Å². The van der Waals surface area contributed by atoms with Crippen molar-refractivity contribution in [3.05, 3.63) is 71.8 Å². The van der Waals surface area contributed by atoms with Crippen LogP contribution in [0.1, 0.15) is 25.0 Å². The van der Waals surface area contributed by atoms with Crippen LogP contribution >= 0.6 is 0 Å². The highest BCUT2D eigenvalue weighted by molar-refractivity contribution is 6.09. The fourth-order valence-electron chi connectivity index (χ4n) is 4.45. The van der Waals surface area contributed by atoms with Crippen LogP contribution in [-0.2, 0) is 13.0 Å². The first-order chi connectivity index (χ1) is 14.1. The standard InChI is InChI=1S/C26H26N2O/c1-17(2)29-20-11-8-19(9-12-20)26-23-16-28(3)15-14-22(23)25-21-7-5-4-6-18(21)10-13-24(25)27-26/h4-13,17H,14-16H2,1-3H3. The van der Waals surface area contributed by atoms with E-state index in [0.29, 0.717) is 0 Å². The first-order valence-electron chi connectivity index (χ1n) is 10.4. The third-order valence-corrected chi connectivity index (χ3v) is 5.76. The van der Waals surface area contributed by atoms with E-state index in [0.717, 1.165) is 42.0 Å². The summed E-state index contributed by atoms with van der Waals surface area (Å²) < 4.78 is 5.82. The number of aromatic nitrogens is 1. The van der Waals surface area contributed by atoms with Gasteiger partial charge in [0, 0.05) is 24.0 Å². The van der Waals surface area contributed by atoms with Gasteiger partial charge in [-0.1, -0.05) is 30.3 Å². The molecule has 1 aliphatic rings. The lowest BCUT2D eigenvalue weighted by Crippen LogP contribution is -2.27. The van der Waals surface area contributed by atoms with Crippen LogP contribution in [0.5, 0.6) is 5.75 Å². The fourth-order valence-corrected chi connectivity index (χ4v) is 4.45. The van der Waals surface area contributed by atoms with Crippen molar-refractivity contribution >= 4 is 21.7 Å². The van der Waals surface area contributed by atoms with Crippen molar-refractivity contribution in [1.29, 1.82) is 0 Å². The summed E-state index contributed by atoms with van der Waals surface area (Å²) in [5, 5.41) is 3.92. The van der Waals surface area contributed by atoms with Gasteiger partial charge in [0.2, 0.25) is 0 Å². The van der Waals surface area contributed by atoms with Gasteiger partial charge in [0.05, 0.1) is 17.3 Å². The Kier molecular flexibility index (Phi) is 4.48. The Morgan fingerprint density at radius 1 is 0.931 bits per heavy atom.